The number of likely N-dealkylation sites (N-methyl/N-ethyl adjacent to an activating group) is 1. The highest BCUT2D eigenvalue weighted by Gasteiger charge is 2.16. The number of carbonyl (C=O) groups is 2. The van der Waals surface area contributed by atoms with E-state index >= 15 is 0 Å². The molecule has 8 heteroatoms. The summed E-state index contributed by atoms with van der Waals surface area (Å²) in [5.74, 6) is -0.214. The van der Waals surface area contributed by atoms with E-state index in [1.54, 1.807) is 36.4 Å². The second kappa shape index (κ2) is 9.80. The average molecular weight is 393 g/mol. The van der Waals surface area contributed by atoms with Crippen LogP contribution in [0.2, 0.25) is 0 Å². The van der Waals surface area contributed by atoms with Crippen LogP contribution >= 0.6 is 0 Å². The number of rotatable bonds is 9. The van der Waals surface area contributed by atoms with Crippen molar-refractivity contribution < 1.29 is 32.7 Å². The summed E-state index contributed by atoms with van der Waals surface area (Å²) in [5.41, 5.74) is 1.73. The quantitative estimate of drug-likeness (QED) is 0.641. The predicted molar refractivity (Wildman–Crippen MR) is 100 cm³/mol. The van der Waals surface area contributed by atoms with Crippen LogP contribution in [0.25, 0.3) is 0 Å². The molecule has 1 unspecified atom stereocenters. The first-order chi connectivity index (χ1) is 13.3. The van der Waals surface area contributed by atoms with Crippen molar-refractivity contribution in [2.45, 2.75) is 20.1 Å². The number of amides is 1. The van der Waals surface area contributed by atoms with Crippen molar-refractivity contribution in [1.29, 1.82) is 0 Å². The van der Waals surface area contributed by atoms with Gasteiger partial charge in [0.1, 0.15) is 6.54 Å². The third-order valence-corrected chi connectivity index (χ3v) is 3.99. The minimum absolute atomic E-state index is 0.0440. The monoisotopic (exact) mass is 393 g/mol. The molecule has 28 heavy (non-hydrogen) atoms. The van der Waals surface area contributed by atoms with Gasteiger partial charge >= 0.3 is 6.61 Å². The first kappa shape index (κ1) is 21.3. The van der Waals surface area contributed by atoms with E-state index in [9.17, 15) is 18.4 Å². The van der Waals surface area contributed by atoms with E-state index in [0.717, 1.165) is 10.5 Å². The maximum absolute atomic E-state index is 12.4. The molecule has 0 saturated heterocycles. The first-order valence-electron chi connectivity index (χ1n) is 8.63. The van der Waals surface area contributed by atoms with Crippen LogP contribution in [-0.4, -0.2) is 39.0 Å². The molecule has 0 aliphatic carbocycles. The summed E-state index contributed by atoms with van der Waals surface area (Å²) in [4.78, 5) is 24.8. The van der Waals surface area contributed by atoms with E-state index in [-0.39, 0.29) is 29.7 Å². The Morgan fingerprint density at radius 3 is 2.50 bits per heavy atom. The van der Waals surface area contributed by atoms with Gasteiger partial charge in [-0.25, -0.2) is 0 Å². The van der Waals surface area contributed by atoms with E-state index < -0.39 is 6.61 Å². The molecule has 0 bridgehead atoms. The maximum atomic E-state index is 12.4. The second-order valence-corrected chi connectivity index (χ2v) is 6.32. The summed E-state index contributed by atoms with van der Waals surface area (Å²) in [6, 6.07) is 11.5. The molecule has 2 aromatic rings. The number of hydrogen-bond acceptors (Lipinski definition) is 4. The zero-order chi connectivity index (χ0) is 20.7. The molecule has 6 nitrogen and oxygen atoms in total. The number of alkyl halides is 2. The number of ketones is 1. The summed E-state index contributed by atoms with van der Waals surface area (Å²) in [6.45, 7) is -0.872. The van der Waals surface area contributed by atoms with E-state index in [1.165, 1.54) is 20.1 Å². The number of carbonyl (C=O) groups excluding carboxylic acids is 2. The van der Waals surface area contributed by atoms with Gasteiger partial charge in [0.15, 0.2) is 23.8 Å². The summed E-state index contributed by atoms with van der Waals surface area (Å²) in [7, 11) is 3.19. The summed E-state index contributed by atoms with van der Waals surface area (Å²) in [6.07, 6.45) is 0. The van der Waals surface area contributed by atoms with Gasteiger partial charge in [0.25, 0.3) is 5.91 Å². The molecular formula is C20H23F2N2O4+. The van der Waals surface area contributed by atoms with Crippen molar-refractivity contribution in [3.63, 3.8) is 0 Å². The largest absolute Gasteiger partial charge is 0.493 e. The van der Waals surface area contributed by atoms with E-state index in [0.29, 0.717) is 17.8 Å². The Hall–Kier alpha value is -3.00. The van der Waals surface area contributed by atoms with E-state index in [1.807, 2.05) is 7.05 Å². The lowest BCUT2D eigenvalue weighted by Crippen LogP contribution is -3.08. The predicted octanol–water partition coefficient (Wildman–Crippen LogP) is 2.15. The molecule has 150 valence electrons. The number of ether oxygens (including phenoxy) is 2. The van der Waals surface area contributed by atoms with Crippen LogP contribution in [0, 0.1) is 0 Å². The van der Waals surface area contributed by atoms with Crippen molar-refractivity contribution in [2.75, 3.05) is 26.0 Å². The molecule has 2 aromatic carbocycles. The van der Waals surface area contributed by atoms with Crippen molar-refractivity contribution in [1.82, 2.24) is 0 Å². The zero-order valence-electron chi connectivity index (χ0n) is 15.9. The highest BCUT2D eigenvalue weighted by Crippen LogP contribution is 2.29. The lowest BCUT2D eigenvalue weighted by Gasteiger charge is -2.16. The number of benzene rings is 2. The molecule has 0 aliphatic heterocycles. The Kier molecular flexibility index (Phi) is 7.45. The fraction of sp³-hybridized carbons (Fsp3) is 0.300. The van der Waals surface area contributed by atoms with Gasteiger partial charge in [-0.3, -0.25) is 9.59 Å². The number of hydrogen-bond donors (Lipinski definition) is 2. The fourth-order valence-electron chi connectivity index (χ4n) is 2.79. The Bertz CT molecular complexity index is 843. The summed E-state index contributed by atoms with van der Waals surface area (Å²) >= 11 is 0. The zero-order valence-corrected chi connectivity index (χ0v) is 15.9. The Morgan fingerprint density at radius 2 is 1.86 bits per heavy atom. The Labute approximate surface area is 162 Å². The molecule has 1 amide bonds. The van der Waals surface area contributed by atoms with Gasteiger partial charge < -0.3 is 19.7 Å². The number of methoxy groups -OCH3 is 1. The number of anilines is 1. The van der Waals surface area contributed by atoms with E-state index in [2.05, 4.69) is 10.1 Å². The highest BCUT2D eigenvalue weighted by molar-refractivity contribution is 6.03. The maximum Gasteiger partial charge on any atom is 0.387 e. The number of nitrogens with one attached hydrogen (secondary N) is 2. The van der Waals surface area contributed by atoms with Gasteiger partial charge in [-0.05, 0) is 37.3 Å². The molecule has 0 radical (unpaired) electrons. The molecule has 2 rings (SSSR count). The molecule has 0 fully saturated rings. The average Bonchev–Trinajstić information content (AvgIpc) is 2.62. The van der Waals surface area contributed by atoms with Gasteiger partial charge in [-0.1, -0.05) is 12.1 Å². The van der Waals surface area contributed by atoms with Gasteiger partial charge in [0.2, 0.25) is 0 Å². The topological polar surface area (TPSA) is 69.1 Å². The van der Waals surface area contributed by atoms with Crippen LogP contribution in [0.4, 0.5) is 14.5 Å². The minimum Gasteiger partial charge on any atom is -0.493 e. The first-order valence-corrected chi connectivity index (χ1v) is 8.63. The number of para-hydroxylation sites is 1. The third kappa shape index (κ3) is 6.02. The van der Waals surface area contributed by atoms with Crippen LogP contribution in [-0.2, 0) is 11.3 Å². The molecule has 1 atom stereocenters. The lowest BCUT2D eigenvalue weighted by atomic mass is 10.1. The smallest absolute Gasteiger partial charge is 0.387 e. The Balaban J connectivity index is 1.99. The number of halogens is 2. The highest BCUT2D eigenvalue weighted by atomic mass is 19.3. The van der Waals surface area contributed by atoms with Crippen LogP contribution < -0.4 is 19.7 Å². The number of quaternary nitrogens is 1. The van der Waals surface area contributed by atoms with Crippen LogP contribution in [0.5, 0.6) is 11.5 Å². The van der Waals surface area contributed by atoms with Gasteiger partial charge in [-0.2, -0.15) is 8.78 Å². The molecule has 0 aliphatic rings. The SMILES string of the molecule is COc1cc(C[NH+](C)CC(=O)Nc2ccccc2C(C)=O)ccc1OC(F)F. The van der Waals surface area contributed by atoms with Gasteiger partial charge in [0.05, 0.1) is 19.8 Å². The molecule has 0 spiro atoms. The molecule has 2 N–H and O–H groups in total. The van der Waals surface area contributed by atoms with Crippen molar-refractivity contribution in [3.8, 4) is 11.5 Å². The van der Waals surface area contributed by atoms with Crippen LogP contribution in [0.1, 0.15) is 22.8 Å². The van der Waals surface area contributed by atoms with Crippen LogP contribution in [0.15, 0.2) is 42.5 Å². The minimum atomic E-state index is -2.94. The van der Waals surface area contributed by atoms with Crippen LogP contribution in [0.3, 0.4) is 0 Å². The summed E-state index contributed by atoms with van der Waals surface area (Å²) < 4.78 is 34.3. The fourth-order valence-corrected chi connectivity index (χ4v) is 2.79. The molecular weight excluding hydrogens is 370 g/mol. The van der Waals surface area contributed by atoms with Gasteiger partial charge in [-0.15, -0.1) is 0 Å². The summed E-state index contributed by atoms with van der Waals surface area (Å²) in [5, 5.41) is 2.75. The third-order valence-electron chi connectivity index (χ3n) is 3.99. The lowest BCUT2D eigenvalue weighted by molar-refractivity contribution is -0.885. The van der Waals surface area contributed by atoms with Crippen molar-refractivity contribution >= 4 is 17.4 Å². The van der Waals surface area contributed by atoms with Crippen molar-refractivity contribution in [3.05, 3.63) is 53.6 Å². The van der Waals surface area contributed by atoms with Gasteiger partial charge in [0, 0.05) is 11.1 Å². The number of Topliss-reactive ketones (excluding diaryl/α,β-unsaturated/α-hetero) is 1. The Morgan fingerprint density at radius 1 is 1.14 bits per heavy atom. The molecule has 0 heterocycles. The second-order valence-electron chi connectivity index (χ2n) is 6.32. The van der Waals surface area contributed by atoms with E-state index in [4.69, 9.17) is 4.74 Å². The normalized spacial score (nSPS) is 11.8. The molecule has 0 aromatic heterocycles. The standard InChI is InChI=1S/C20H22F2N2O4/c1-13(25)15-6-4-5-7-16(15)23-19(26)12-24(2)11-14-8-9-17(28-20(21)22)18(10-14)27-3/h4-10,20H,11-12H2,1-3H3,(H,23,26)/p+1. The van der Waals surface area contributed by atoms with Crippen molar-refractivity contribution in [2.24, 2.45) is 0 Å². The molecule has 0 saturated carbocycles.